The first-order valence-electron chi connectivity index (χ1n) is 6.29. The van der Waals surface area contributed by atoms with Gasteiger partial charge in [0, 0.05) is 5.56 Å². The Bertz CT molecular complexity index is 639. The van der Waals surface area contributed by atoms with Crippen LogP contribution in [0.2, 0.25) is 0 Å². The van der Waals surface area contributed by atoms with Crippen molar-refractivity contribution >= 4 is 27.3 Å². The van der Waals surface area contributed by atoms with Crippen LogP contribution in [0.5, 0.6) is 5.75 Å². The third kappa shape index (κ3) is 3.02. The molecule has 0 radical (unpaired) electrons. The maximum Gasteiger partial charge on any atom is 0.169 e. The number of hydrogen-bond donors (Lipinski definition) is 1. The molecule has 0 saturated heterocycles. The second kappa shape index (κ2) is 6.09. The van der Waals surface area contributed by atoms with Gasteiger partial charge in [0.05, 0.1) is 0 Å². The van der Waals surface area contributed by atoms with Crippen molar-refractivity contribution in [2.75, 3.05) is 5.73 Å². The summed E-state index contributed by atoms with van der Waals surface area (Å²) < 4.78 is 6.60. The Labute approximate surface area is 127 Å². The quantitative estimate of drug-likeness (QED) is 0.847. The molecule has 0 unspecified atom stereocenters. The van der Waals surface area contributed by atoms with Crippen LogP contribution in [-0.4, -0.2) is 4.98 Å². The molecule has 1 aromatic carbocycles. The molecule has 0 spiro atoms. The number of nitrogens with two attached hydrogens (primary N) is 1. The molecule has 0 atom stereocenters. The van der Waals surface area contributed by atoms with Crippen molar-refractivity contribution in [3.63, 3.8) is 0 Å². The molecule has 0 aliphatic carbocycles. The lowest BCUT2D eigenvalue weighted by molar-refractivity contribution is 0.305. The fourth-order valence-electron chi connectivity index (χ4n) is 2.03. The maximum absolute atomic E-state index is 5.99. The molecule has 0 saturated carbocycles. The van der Waals surface area contributed by atoms with Gasteiger partial charge in [-0.15, -0.1) is 0 Å². The van der Waals surface area contributed by atoms with Crippen molar-refractivity contribution in [3.05, 3.63) is 58.2 Å². The van der Waals surface area contributed by atoms with E-state index in [0.717, 1.165) is 26.9 Å². The van der Waals surface area contributed by atoms with Crippen LogP contribution >= 0.6 is 15.9 Å². The summed E-state index contributed by atoms with van der Waals surface area (Å²) in [6, 6.07) is 9.95. The number of pyridine rings is 1. The molecular weight excluding hydrogens is 316 g/mol. The summed E-state index contributed by atoms with van der Waals surface area (Å²) in [5.74, 6) is 0.971. The number of nitrogen functional groups attached to an aromatic ring is 1. The molecule has 2 rings (SSSR count). The SMILES string of the molecule is C=C(C)c1c(C)c(Br)nc(N)c1OCc1ccccc1. The Balaban J connectivity index is 2.36. The lowest BCUT2D eigenvalue weighted by Gasteiger charge is -2.16. The molecule has 1 heterocycles. The molecule has 2 N–H and O–H groups in total. The Morgan fingerprint density at radius 1 is 1.35 bits per heavy atom. The average Bonchev–Trinajstić information content (AvgIpc) is 2.42. The fraction of sp³-hybridized carbons (Fsp3) is 0.188. The van der Waals surface area contributed by atoms with Crippen molar-refractivity contribution in [2.45, 2.75) is 20.5 Å². The fourth-order valence-corrected chi connectivity index (χ4v) is 2.42. The van der Waals surface area contributed by atoms with Crippen LogP contribution in [0.15, 0.2) is 41.5 Å². The Kier molecular flexibility index (Phi) is 4.45. The van der Waals surface area contributed by atoms with Crippen molar-refractivity contribution in [1.82, 2.24) is 4.98 Å². The number of benzene rings is 1. The van der Waals surface area contributed by atoms with E-state index in [9.17, 15) is 0 Å². The number of nitrogens with zero attached hydrogens (tertiary/aromatic N) is 1. The third-order valence-electron chi connectivity index (χ3n) is 3.02. The minimum atomic E-state index is 0.372. The summed E-state index contributed by atoms with van der Waals surface area (Å²) in [6.45, 7) is 8.35. The lowest BCUT2D eigenvalue weighted by atomic mass is 10.0. The van der Waals surface area contributed by atoms with Gasteiger partial charge >= 0.3 is 0 Å². The highest BCUT2D eigenvalue weighted by Gasteiger charge is 2.16. The summed E-state index contributed by atoms with van der Waals surface area (Å²) in [4.78, 5) is 4.26. The van der Waals surface area contributed by atoms with E-state index in [1.165, 1.54) is 0 Å². The molecule has 3 nitrogen and oxygen atoms in total. The summed E-state index contributed by atoms with van der Waals surface area (Å²) >= 11 is 3.41. The second-order valence-electron chi connectivity index (χ2n) is 4.67. The highest BCUT2D eigenvalue weighted by atomic mass is 79.9. The number of ether oxygens (including phenoxy) is 1. The summed E-state index contributed by atoms with van der Waals surface area (Å²) in [5, 5.41) is 0. The first-order chi connectivity index (χ1) is 9.50. The van der Waals surface area contributed by atoms with E-state index in [0.29, 0.717) is 18.2 Å². The van der Waals surface area contributed by atoms with Gasteiger partial charge in [0.1, 0.15) is 11.2 Å². The highest BCUT2D eigenvalue weighted by molar-refractivity contribution is 9.10. The zero-order valence-electron chi connectivity index (χ0n) is 11.6. The number of hydrogen-bond acceptors (Lipinski definition) is 3. The molecule has 0 amide bonds. The Morgan fingerprint density at radius 2 is 2.00 bits per heavy atom. The molecule has 104 valence electrons. The number of anilines is 1. The van der Waals surface area contributed by atoms with Crippen molar-refractivity contribution < 1.29 is 4.74 Å². The molecule has 4 heteroatoms. The van der Waals surface area contributed by atoms with E-state index >= 15 is 0 Å². The van der Waals surface area contributed by atoms with E-state index in [2.05, 4.69) is 27.5 Å². The van der Waals surface area contributed by atoms with Gasteiger partial charge in [-0.3, -0.25) is 0 Å². The minimum Gasteiger partial charge on any atom is -0.484 e. The van der Waals surface area contributed by atoms with E-state index in [1.54, 1.807) is 0 Å². The normalized spacial score (nSPS) is 10.3. The minimum absolute atomic E-state index is 0.372. The molecule has 0 aliphatic heterocycles. The highest BCUT2D eigenvalue weighted by Crippen LogP contribution is 2.36. The molecular formula is C16H17BrN2O. The molecule has 1 aromatic heterocycles. The van der Waals surface area contributed by atoms with E-state index < -0.39 is 0 Å². The Hall–Kier alpha value is -1.81. The van der Waals surface area contributed by atoms with Gasteiger partial charge in [-0.05, 0) is 46.5 Å². The second-order valence-corrected chi connectivity index (χ2v) is 5.42. The Morgan fingerprint density at radius 3 is 2.60 bits per heavy atom. The predicted molar refractivity (Wildman–Crippen MR) is 86.6 cm³/mol. The number of rotatable bonds is 4. The zero-order chi connectivity index (χ0) is 14.7. The van der Waals surface area contributed by atoms with Crippen molar-refractivity contribution in [2.24, 2.45) is 0 Å². The van der Waals surface area contributed by atoms with Gasteiger partial charge in [0.15, 0.2) is 11.6 Å². The number of aromatic nitrogens is 1. The van der Waals surface area contributed by atoms with Crippen LogP contribution in [0.25, 0.3) is 5.57 Å². The monoisotopic (exact) mass is 332 g/mol. The van der Waals surface area contributed by atoms with E-state index in [-0.39, 0.29) is 0 Å². The molecule has 0 bridgehead atoms. The number of allylic oxidation sites excluding steroid dienone is 1. The first-order valence-corrected chi connectivity index (χ1v) is 7.08. The van der Waals surface area contributed by atoms with Gasteiger partial charge in [-0.25, -0.2) is 4.98 Å². The standard InChI is InChI=1S/C16H17BrN2O/c1-10(2)13-11(3)15(17)19-16(18)14(13)20-9-12-7-5-4-6-8-12/h4-8H,1,9H2,2-3H3,(H2,18,19). The smallest absolute Gasteiger partial charge is 0.169 e. The predicted octanol–water partition coefficient (Wildman–Crippen LogP) is 4.35. The molecule has 2 aromatic rings. The summed E-state index contributed by atoms with van der Waals surface area (Å²) in [6.07, 6.45) is 0. The van der Waals surface area contributed by atoms with Crippen molar-refractivity contribution in [3.8, 4) is 5.75 Å². The van der Waals surface area contributed by atoms with Gasteiger partial charge in [-0.1, -0.05) is 36.9 Å². The molecule has 0 aliphatic rings. The molecule has 20 heavy (non-hydrogen) atoms. The molecule has 0 fully saturated rings. The third-order valence-corrected chi connectivity index (χ3v) is 3.79. The summed E-state index contributed by atoms with van der Waals surface area (Å²) in [7, 11) is 0. The number of halogens is 1. The van der Waals surface area contributed by atoms with Crippen LogP contribution in [-0.2, 0) is 6.61 Å². The van der Waals surface area contributed by atoms with Gasteiger partial charge in [-0.2, -0.15) is 0 Å². The first kappa shape index (κ1) is 14.6. The van der Waals surface area contributed by atoms with E-state index in [1.807, 2.05) is 44.2 Å². The van der Waals surface area contributed by atoms with Crippen LogP contribution in [0.1, 0.15) is 23.6 Å². The van der Waals surface area contributed by atoms with Crippen molar-refractivity contribution in [1.29, 1.82) is 0 Å². The maximum atomic E-state index is 5.99. The van der Waals surface area contributed by atoms with E-state index in [4.69, 9.17) is 10.5 Å². The lowest BCUT2D eigenvalue weighted by Crippen LogP contribution is -2.05. The average molecular weight is 333 g/mol. The van der Waals surface area contributed by atoms with Gasteiger partial charge in [0.2, 0.25) is 0 Å². The zero-order valence-corrected chi connectivity index (χ0v) is 13.2. The van der Waals surface area contributed by atoms with Crippen LogP contribution < -0.4 is 10.5 Å². The van der Waals surface area contributed by atoms with Gasteiger partial charge < -0.3 is 10.5 Å². The summed E-state index contributed by atoms with van der Waals surface area (Å²) in [5.41, 5.74) is 9.87. The largest absolute Gasteiger partial charge is 0.484 e. The van der Waals surface area contributed by atoms with Gasteiger partial charge in [0.25, 0.3) is 0 Å². The topological polar surface area (TPSA) is 48.1 Å². The van der Waals surface area contributed by atoms with Crippen LogP contribution in [0.3, 0.4) is 0 Å². The van der Waals surface area contributed by atoms with Crippen LogP contribution in [0, 0.1) is 6.92 Å². The van der Waals surface area contributed by atoms with Crippen LogP contribution in [0.4, 0.5) is 5.82 Å².